The van der Waals surface area contributed by atoms with Gasteiger partial charge in [-0.15, -0.1) is 0 Å². The maximum Gasteiger partial charge on any atom is -0.0216 e. The molecule has 0 radical (unpaired) electrons. The minimum atomic E-state index is 0.775. The number of aryl methyl sites for hydroxylation is 2. The van der Waals surface area contributed by atoms with Crippen molar-refractivity contribution in [1.82, 2.24) is 0 Å². The molecule has 0 saturated carbocycles. The first kappa shape index (κ1) is 17.7. The van der Waals surface area contributed by atoms with Gasteiger partial charge in [0.25, 0.3) is 0 Å². The molecule has 1 aliphatic rings. The van der Waals surface area contributed by atoms with Crippen LogP contribution in [0.3, 0.4) is 0 Å². The summed E-state index contributed by atoms with van der Waals surface area (Å²) in [6, 6.07) is 21.7. The van der Waals surface area contributed by atoms with Crippen molar-refractivity contribution in [3.8, 4) is 0 Å². The van der Waals surface area contributed by atoms with Crippen molar-refractivity contribution >= 4 is 0 Å². The molecule has 0 aliphatic heterocycles. The Balaban J connectivity index is 1.49. The van der Waals surface area contributed by atoms with Crippen LogP contribution in [-0.2, 0) is 12.8 Å². The van der Waals surface area contributed by atoms with E-state index in [1.807, 2.05) is 0 Å². The van der Waals surface area contributed by atoms with Crippen LogP contribution in [0.25, 0.3) is 0 Å². The molecule has 0 fully saturated rings. The highest BCUT2D eigenvalue weighted by Crippen LogP contribution is 2.33. The number of hydrogen-bond donors (Lipinski definition) is 0. The van der Waals surface area contributed by atoms with Gasteiger partial charge < -0.3 is 0 Å². The highest BCUT2D eigenvalue weighted by Gasteiger charge is 2.17. The van der Waals surface area contributed by atoms with Crippen molar-refractivity contribution in [3.63, 3.8) is 0 Å². The van der Waals surface area contributed by atoms with Gasteiger partial charge in [-0.25, -0.2) is 0 Å². The maximum absolute atomic E-state index is 2.52. The van der Waals surface area contributed by atoms with Crippen molar-refractivity contribution in [3.05, 3.63) is 95.1 Å². The first-order chi connectivity index (χ1) is 12.3. The summed E-state index contributed by atoms with van der Waals surface area (Å²) in [6.07, 6.45) is 13.5. The molecule has 0 amide bonds. The second-order valence-corrected chi connectivity index (χ2v) is 7.32. The number of unbranched alkanes of at least 4 members (excludes halogenated alkanes) is 1. The molecule has 3 rings (SSSR count). The fourth-order valence-corrected chi connectivity index (χ4v) is 3.64. The zero-order valence-electron chi connectivity index (χ0n) is 15.5. The van der Waals surface area contributed by atoms with Crippen LogP contribution in [0.2, 0.25) is 0 Å². The number of benzene rings is 2. The van der Waals surface area contributed by atoms with E-state index in [9.17, 15) is 0 Å². The van der Waals surface area contributed by atoms with Gasteiger partial charge in [-0.1, -0.05) is 79.7 Å². The lowest BCUT2D eigenvalue weighted by atomic mass is 9.81. The van der Waals surface area contributed by atoms with Crippen LogP contribution >= 0.6 is 0 Å². The predicted octanol–water partition coefficient (Wildman–Crippen LogP) is 6.92. The summed E-state index contributed by atoms with van der Waals surface area (Å²) in [4.78, 5) is 0. The second kappa shape index (κ2) is 9.42. The molecule has 2 aromatic carbocycles. The zero-order valence-corrected chi connectivity index (χ0v) is 15.5. The van der Waals surface area contributed by atoms with Crippen molar-refractivity contribution in [2.24, 2.45) is 5.92 Å². The Morgan fingerprint density at radius 2 is 1.44 bits per heavy atom. The van der Waals surface area contributed by atoms with Gasteiger partial charge in [-0.05, 0) is 73.1 Å². The van der Waals surface area contributed by atoms with E-state index in [-0.39, 0.29) is 0 Å². The highest BCUT2D eigenvalue weighted by atomic mass is 14.2. The van der Waals surface area contributed by atoms with Gasteiger partial charge in [0.15, 0.2) is 0 Å². The quantitative estimate of drug-likeness (QED) is 0.437. The summed E-state index contributed by atoms with van der Waals surface area (Å²) in [6.45, 7) is 2.32. The number of allylic oxidation sites excluding steroid dienone is 4. The standard InChI is InChI=1S/C25H30/c1-21-19-25(20-21)24(18-10-16-23-13-6-3-7-14-23)17-9-8-15-22-11-4-2-5-12-22/h2-7,11-14,17,19,21H,8-10,15-16,18,20H2,1H3/b24-17+. The van der Waals surface area contributed by atoms with Gasteiger partial charge in [0, 0.05) is 0 Å². The fraction of sp³-hybridized carbons (Fsp3) is 0.360. The van der Waals surface area contributed by atoms with E-state index in [1.165, 1.54) is 56.1 Å². The molecule has 130 valence electrons. The molecule has 1 atom stereocenters. The van der Waals surface area contributed by atoms with E-state index in [0.29, 0.717) is 0 Å². The average molecular weight is 331 g/mol. The van der Waals surface area contributed by atoms with Gasteiger partial charge in [-0.3, -0.25) is 0 Å². The minimum absolute atomic E-state index is 0.775. The van der Waals surface area contributed by atoms with Gasteiger partial charge in [0.05, 0.1) is 0 Å². The minimum Gasteiger partial charge on any atom is -0.0810 e. The van der Waals surface area contributed by atoms with Crippen LogP contribution < -0.4 is 0 Å². The lowest BCUT2D eigenvalue weighted by Crippen LogP contribution is -2.08. The van der Waals surface area contributed by atoms with Crippen molar-refractivity contribution in [1.29, 1.82) is 0 Å². The summed E-state index contributed by atoms with van der Waals surface area (Å²) in [5, 5.41) is 0. The molecule has 0 nitrogen and oxygen atoms in total. The summed E-state index contributed by atoms with van der Waals surface area (Å²) >= 11 is 0. The summed E-state index contributed by atoms with van der Waals surface area (Å²) in [5.74, 6) is 0.775. The van der Waals surface area contributed by atoms with Gasteiger partial charge >= 0.3 is 0 Å². The Morgan fingerprint density at radius 1 is 0.880 bits per heavy atom. The van der Waals surface area contributed by atoms with E-state index >= 15 is 0 Å². The van der Waals surface area contributed by atoms with E-state index in [2.05, 4.69) is 79.7 Å². The predicted molar refractivity (Wildman–Crippen MR) is 109 cm³/mol. The average Bonchev–Trinajstić information content (AvgIpc) is 2.63. The molecule has 0 aromatic heterocycles. The summed E-state index contributed by atoms with van der Waals surface area (Å²) in [5.41, 5.74) is 6.14. The number of rotatable bonds is 9. The third kappa shape index (κ3) is 5.74. The van der Waals surface area contributed by atoms with E-state index in [0.717, 1.165) is 5.92 Å². The topological polar surface area (TPSA) is 0 Å². The van der Waals surface area contributed by atoms with Gasteiger partial charge in [0.2, 0.25) is 0 Å². The molecule has 0 spiro atoms. The van der Waals surface area contributed by atoms with Crippen molar-refractivity contribution < 1.29 is 0 Å². The van der Waals surface area contributed by atoms with E-state index < -0.39 is 0 Å². The van der Waals surface area contributed by atoms with Crippen LogP contribution in [0.15, 0.2) is 84.0 Å². The molecule has 0 saturated heterocycles. The second-order valence-electron chi connectivity index (χ2n) is 7.32. The van der Waals surface area contributed by atoms with Crippen LogP contribution in [0, 0.1) is 5.92 Å². The Labute approximate surface area is 153 Å². The monoisotopic (exact) mass is 330 g/mol. The van der Waals surface area contributed by atoms with E-state index in [4.69, 9.17) is 0 Å². The van der Waals surface area contributed by atoms with Crippen molar-refractivity contribution in [2.45, 2.75) is 51.9 Å². The molecular formula is C25H30. The lowest BCUT2D eigenvalue weighted by molar-refractivity contribution is 0.631. The number of hydrogen-bond acceptors (Lipinski definition) is 0. The smallest absolute Gasteiger partial charge is 0.0216 e. The lowest BCUT2D eigenvalue weighted by Gasteiger charge is -2.24. The third-order valence-electron chi connectivity index (χ3n) is 5.10. The highest BCUT2D eigenvalue weighted by molar-refractivity contribution is 5.37. The molecule has 0 bridgehead atoms. The molecule has 0 heteroatoms. The van der Waals surface area contributed by atoms with Crippen LogP contribution in [-0.4, -0.2) is 0 Å². The summed E-state index contributed by atoms with van der Waals surface area (Å²) in [7, 11) is 0. The van der Waals surface area contributed by atoms with Crippen molar-refractivity contribution in [2.75, 3.05) is 0 Å². The van der Waals surface area contributed by atoms with Crippen LogP contribution in [0.5, 0.6) is 0 Å². The maximum atomic E-state index is 2.52. The molecule has 1 unspecified atom stereocenters. The first-order valence-electron chi connectivity index (χ1n) is 9.79. The molecule has 1 aliphatic carbocycles. The van der Waals surface area contributed by atoms with Crippen LogP contribution in [0.1, 0.15) is 50.2 Å². The first-order valence-corrected chi connectivity index (χ1v) is 9.79. The molecule has 0 heterocycles. The molecular weight excluding hydrogens is 300 g/mol. The zero-order chi connectivity index (χ0) is 17.3. The largest absolute Gasteiger partial charge is 0.0810 e. The SMILES string of the molecule is CC1C=C(/C(=C/CCCc2ccccc2)CCCc2ccccc2)C1. The molecule has 25 heavy (non-hydrogen) atoms. The third-order valence-corrected chi connectivity index (χ3v) is 5.10. The van der Waals surface area contributed by atoms with Gasteiger partial charge in [-0.2, -0.15) is 0 Å². The van der Waals surface area contributed by atoms with Crippen LogP contribution in [0.4, 0.5) is 0 Å². The Morgan fingerprint density at radius 3 is 2.00 bits per heavy atom. The summed E-state index contributed by atoms with van der Waals surface area (Å²) < 4.78 is 0. The molecule has 2 aromatic rings. The fourth-order valence-electron chi connectivity index (χ4n) is 3.64. The Bertz CT molecular complexity index is 691. The van der Waals surface area contributed by atoms with E-state index in [1.54, 1.807) is 11.1 Å². The van der Waals surface area contributed by atoms with Gasteiger partial charge in [0.1, 0.15) is 0 Å². The normalized spacial score (nSPS) is 17.1. The molecule has 0 N–H and O–H groups in total. The Hall–Kier alpha value is -2.08. The Kier molecular flexibility index (Phi) is 6.68.